The van der Waals surface area contributed by atoms with E-state index < -0.39 is 5.97 Å². The van der Waals surface area contributed by atoms with Crippen LogP contribution in [0.15, 0.2) is 22.7 Å². The molecule has 1 heterocycles. The molecule has 1 N–H and O–H groups in total. The van der Waals surface area contributed by atoms with E-state index in [0.717, 1.165) is 36.1 Å². The molecule has 1 aliphatic rings. The average molecular weight is 327 g/mol. The summed E-state index contributed by atoms with van der Waals surface area (Å²) >= 11 is 3.48. The van der Waals surface area contributed by atoms with Gasteiger partial charge in [0.2, 0.25) is 0 Å². The molecule has 0 spiro atoms. The predicted molar refractivity (Wildman–Crippen MR) is 80.0 cm³/mol. The number of nitrogens with zero attached hydrogens (tertiary/aromatic N) is 2. The van der Waals surface area contributed by atoms with E-state index in [-0.39, 0.29) is 0 Å². The number of aromatic carboxylic acids is 1. The first-order chi connectivity index (χ1) is 8.99. The van der Waals surface area contributed by atoms with E-state index in [1.54, 1.807) is 12.1 Å². The Bertz CT molecular complexity index is 469. The highest BCUT2D eigenvalue weighted by atomic mass is 79.9. The predicted octanol–water partition coefficient (Wildman–Crippen LogP) is 2.68. The second-order valence-corrected chi connectivity index (χ2v) is 6.01. The summed E-state index contributed by atoms with van der Waals surface area (Å²) < 4.78 is 0.857. The fraction of sp³-hybridized carbons (Fsp3) is 0.500. The van der Waals surface area contributed by atoms with Crippen LogP contribution in [0.25, 0.3) is 0 Å². The second kappa shape index (κ2) is 5.92. The molecular weight excluding hydrogens is 308 g/mol. The number of hydrogen-bond donors (Lipinski definition) is 1. The van der Waals surface area contributed by atoms with Crippen molar-refractivity contribution in [3.05, 3.63) is 28.2 Å². The van der Waals surface area contributed by atoms with E-state index in [1.165, 1.54) is 0 Å². The number of halogens is 1. The molecule has 5 heteroatoms. The maximum atomic E-state index is 10.9. The van der Waals surface area contributed by atoms with Gasteiger partial charge < -0.3 is 14.9 Å². The van der Waals surface area contributed by atoms with Crippen LogP contribution in [0.1, 0.15) is 23.2 Å². The second-order valence-electron chi connectivity index (χ2n) is 5.15. The highest BCUT2D eigenvalue weighted by Crippen LogP contribution is 2.30. The van der Waals surface area contributed by atoms with Gasteiger partial charge in [-0.3, -0.25) is 0 Å². The summed E-state index contributed by atoms with van der Waals surface area (Å²) in [5.74, 6) is -0.890. The van der Waals surface area contributed by atoms with Crippen LogP contribution in [0.4, 0.5) is 5.69 Å². The molecule has 0 atom stereocenters. The molecule has 0 aliphatic carbocycles. The Labute approximate surface area is 122 Å². The molecule has 0 aromatic heterocycles. The molecule has 104 valence electrons. The van der Waals surface area contributed by atoms with Crippen LogP contribution in [-0.4, -0.2) is 49.2 Å². The lowest BCUT2D eigenvalue weighted by molar-refractivity contribution is 0.0697. The summed E-state index contributed by atoms with van der Waals surface area (Å²) in [5, 5.41) is 8.97. The van der Waals surface area contributed by atoms with Crippen molar-refractivity contribution in [3.8, 4) is 0 Å². The zero-order valence-electron chi connectivity index (χ0n) is 11.3. The normalized spacial score (nSPS) is 16.9. The number of anilines is 1. The fourth-order valence-corrected chi connectivity index (χ4v) is 3.15. The first-order valence-corrected chi connectivity index (χ1v) is 7.22. The minimum Gasteiger partial charge on any atom is -0.478 e. The van der Waals surface area contributed by atoms with Gasteiger partial charge in [-0.15, -0.1) is 0 Å². The Morgan fingerprint density at radius 2 is 2.00 bits per heavy atom. The smallest absolute Gasteiger partial charge is 0.335 e. The number of benzene rings is 1. The molecule has 4 nitrogen and oxygen atoms in total. The Hall–Kier alpha value is -1.07. The average Bonchev–Trinajstić information content (AvgIpc) is 2.38. The summed E-state index contributed by atoms with van der Waals surface area (Å²) in [6.07, 6.45) is 2.28. The van der Waals surface area contributed by atoms with Crippen molar-refractivity contribution in [1.29, 1.82) is 0 Å². The molecule has 1 aromatic carbocycles. The van der Waals surface area contributed by atoms with E-state index in [4.69, 9.17) is 5.11 Å². The molecule has 2 rings (SSSR count). The van der Waals surface area contributed by atoms with Crippen molar-refractivity contribution in [3.63, 3.8) is 0 Å². The monoisotopic (exact) mass is 326 g/mol. The van der Waals surface area contributed by atoms with Crippen molar-refractivity contribution < 1.29 is 9.90 Å². The van der Waals surface area contributed by atoms with Crippen LogP contribution in [0.2, 0.25) is 0 Å². The molecule has 0 amide bonds. The van der Waals surface area contributed by atoms with Crippen molar-refractivity contribution in [2.24, 2.45) is 0 Å². The third kappa shape index (κ3) is 3.28. The summed E-state index contributed by atoms with van der Waals surface area (Å²) in [5.41, 5.74) is 1.40. The SMILES string of the molecule is CN(C)C1CCN(c2ccc(C(=O)O)cc2Br)CC1. The lowest BCUT2D eigenvalue weighted by atomic mass is 10.0. The highest BCUT2D eigenvalue weighted by Gasteiger charge is 2.22. The minimum absolute atomic E-state index is 0.318. The molecule has 1 fully saturated rings. The summed E-state index contributed by atoms with van der Waals surface area (Å²) in [6, 6.07) is 5.88. The molecule has 0 radical (unpaired) electrons. The number of carboxylic acid groups (broad SMARTS) is 1. The standard InChI is InChI=1S/C14H19BrN2O2/c1-16(2)11-5-7-17(8-6-11)13-4-3-10(14(18)19)9-12(13)15/h3-4,9,11H,5-8H2,1-2H3,(H,18,19). The molecule has 1 saturated heterocycles. The van der Waals surface area contributed by atoms with Gasteiger partial charge >= 0.3 is 5.97 Å². The number of hydrogen-bond acceptors (Lipinski definition) is 3. The van der Waals surface area contributed by atoms with E-state index in [1.807, 2.05) is 6.07 Å². The molecule has 0 unspecified atom stereocenters. The highest BCUT2D eigenvalue weighted by molar-refractivity contribution is 9.10. The zero-order valence-corrected chi connectivity index (χ0v) is 12.9. The van der Waals surface area contributed by atoms with Crippen LogP contribution in [-0.2, 0) is 0 Å². The Balaban J connectivity index is 2.09. The third-order valence-corrected chi connectivity index (χ3v) is 4.37. The molecule has 1 aliphatic heterocycles. The first kappa shape index (κ1) is 14.3. The van der Waals surface area contributed by atoms with Crippen LogP contribution < -0.4 is 4.90 Å². The molecule has 19 heavy (non-hydrogen) atoms. The van der Waals surface area contributed by atoms with Crippen molar-refractivity contribution in [2.75, 3.05) is 32.1 Å². The van der Waals surface area contributed by atoms with Gasteiger partial charge in [0.15, 0.2) is 0 Å². The number of carboxylic acids is 1. The lowest BCUT2D eigenvalue weighted by Crippen LogP contribution is -2.42. The first-order valence-electron chi connectivity index (χ1n) is 6.43. The van der Waals surface area contributed by atoms with Crippen molar-refractivity contribution >= 4 is 27.6 Å². The minimum atomic E-state index is -0.890. The van der Waals surface area contributed by atoms with Gasteiger partial charge in [-0.25, -0.2) is 4.79 Å². The molecule has 0 saturated carbocycles. The van der Waals surface area contributed by atoms with Gasteiger partial charge in [-0.05, 0) is 61.1 Å². The van der Waals surface area contributed by atoms with Crippen LogP contribution >= 0.6 is 15.9 Å². The van der Waals surface area contributed by atoms with E-state index >= 15 is 0 Å². The number of rotatable bonds is 3. The van der Waals surface area contributed by atoms with Crippen LogP contribution in [0.5, 0.6) is 0 Å². The van der Waals surface area contributed by atoms with E-state index in [2.05, 4.69) is 39.8 Å². The molecule has 1 aromatic rings. The maximum Gasteiger partial charge on any atom is 0.335 e. The Morgan fingerprint density at radius 3 is 2.47 bits per heavy atom. The third-order valence-electron chi connectivity index (χ3n) is 3.73. The number of carbonyl (C=O) groups is 1. The molecule has 0 bridgehead atoms. The van der Waals surface area contributed by atoms with Gasteiger partial charge in [-0.1, -0.05) is 0 Å². The van der Waals surface area contributed by atoms with Crippen LogP contribution in [0, 0.1) is 0 Å². The largest absolute Gasteiger partial charge is 0.478 e. The van der Waals surface area contributed by atoms with Crippen molar-refractivity contribution in [1.82, 2.24) is 4.90 Å². The molecular formula is C14H19BrN2O2. The Kier molecular flexibility index (Phi) is 4.47. The topological polar surface area (TPSA) is 43.8 Å². The maximum absolute atomic E-state index is 10.9. The van der Waals surface area contributed by atoms with E-state index in [0.29, 0.717) is 11.6 Å². The summed E-state index contributed by atoms with van der Waals surface area (Å²) in [7, 11) is 4.25. The zero-order chi connectivity index (χ0) is 14.0. The van der Waals surface area contributed by atoms with Gasteiger partial charge in [0, 0.05) is 23.6 Å². The van der Waals surface area contributed by atoms with Gasteiger partial charge in [0.25, 0.3) is 0 Å². The summed E-state index contributed by atoms with van der Waals surface area (Å²) in [6.45, 7) is 2.02. The van der Waals surface area contributed by atoms with Gasteiger partial charge in [0.1, 0.15) is 0 Å². The van der Waals surface area contributed by atoms with E-state index in [9.17, 15) is 4.79 Å². The van der Waals surface area contributed by atoms with Crippen LogP contribution in [0.3, 0.4) is 0 Å². The van der Waals surface area contributed by atoms with Gasteiger partial charge in [0.05, 0.1) is 11.3 Å². The summed E-state index contributed by atoms with van der Waals surface area (Å²) in [4.78, 5) is 15.5. The van der Waals surface area contributed by atoms with Gasteiger partial charge in [-0.2, -0.15) is 0 Å². The quantitative estimate of drug-likeness (QED) is 0.927. The lowest BCUT2D eigenvalue weighted by Gasteiger charge is -2.37. The van der Waals surface area contributed by atoms with Crippen molar-refractivity contribution in [2.45, 2.75) is 18.9 Å². The Morgan fingerprint density at radius 1 is 1.37 bits per heavy atom. The fourth-order valence-electron chi connectivity index (χ4n) is 2.52. The number of piperidine rings is 1.